The van der Waals surface area contributed by atoms with Crippen molar-refractivity contribution >= 4 is 17.5 Å². The number of ketones is 1. The number of nitrogens with zero attached hydrogens (tertiary/aromatic N) is 2. The zero-order valence-electron chi connectivity index (χ0n) is 14.2. The van der Waals surface area contributed by atoms with Crippen LogP contribution in [0.25, 0.3) is 11.3 Å². The monoisotopic (exact) mass is 396 g/mol. The SMILES string of the molecule is Cc1ccc(-c2cc(C(F)(F)F)nc(S[C@@H]3CC(=O)[C@@H]4OC[C@@H]3O4)n2)cc1. The Balaban J connectivity index is 1.68. The third-order valence-electron chi connectivity index (χ3n) is 4.39. The Labute approximate surface area is 157 Å². The molecular formula is C18H15F3N2O3S. The molecule has 5 nitrogen and oxygen atoms in total. The van der Waals surface area contributed by atoms with Crippen LogP contribution < -0.4 is 0 Å². The number of alkyl halides is 3. The van der Waals surface area contributed by atoms with Gasteiger partial charge in [-0.3, -0.25) is 4.79 Å². The first-order chi connectivity index (χ1) is 12.8. The quantitative estimate of drug-likeness (QED) is 0.739. The number of thioether (sulfide) groups is 1. The Hall–Kier alpha value is -1.97. The van der Waals surface area contributed by atoms with E-state index in [9.17, 15) is 18.0 Å². The minimum atomic E-state index is -4.60. The van der Waals surface area contributed by atoms with E-state index >= 15 is 0 Å². The smallest absolute Gasteiger partial charge is 0.343 e. The molecule has 3 heterocycles. The number of carbonyl (C=O) groups excluding carboxylic acids is 1. The van der Waals surface area contributed by atoms with Crippen LogP contribution >= 0.6 is 11.8 Å². The molecule has 3 atom stereocenters. The van der Waals surface area contributed by atoms with Crippen LogP contribution in [0.15, 0.2) is 35.5 Å². The van der Waals surface area contributed by atoms with Gasteiger partial charge in [0.15, 0.2) is 10.9 Å². The molecule has 27 heavy (non-hydrogen) atoms. The highest BCUT2D eigenvalue weighted by molar-refractivity contribution is 7.99. The van der Waals surface area contributed by atoms with Gasteiger partial charge in [0.1, 0.15) is 5.69 Å². The van der Waals surface area contributed by atoms with E-state index < -0.39 is 18.2 Å². The highest BCUT2D eigenvalue weighted by Gasteiger charge is 2.44. The summed E-state index contributed by atoms with van der Waals surface area (Å²) < 4.78 is 50.6. The van der Waals surface area contributed by atoms with E-state index in [0.29, 0.717) is 5.56 Å². The zero-order chi connectivity index (χ0) is 19.2. The zero-order valence-corrected chi connectivity index (χ0v) is 15.0. The molecule has 1 aromatic carbocycles. The summed E-state index contributed by atoms with van der Waals surface area (Å²) in [5, 5.41) is -0.419. The molecule has 2 saturated heterocycles. The maximum Gasteiger partial charge on any atom is 0.433 e. The average Bonchev–Trinajstić information content (AvgIpc) is 3.05. The fourth-order valence-corrected chi connectivity index (χ4v) is 4.07. The van der Waals surface area contributed by atoms with Crippen LogP contribution in [-0.4, -0.2) is 40.0 Å². The topological polar surface area (TPSA) is 61.3 Å². The molecule has 0 amide bonds. The predicted octanol–water partition coefficient (Wildman–Crippen LogP) is 3.65. The van der Waals surface area contributed by atoms with Gasteiger partial charge in [-0.25, -0.2) is 9.97 Å². The number of rotatable bonds is 3. The van der Waals surface area contributed by atoms with Crippen LogP contribution in [0.4, 0.5) is 13.2 Å². The van der Waals surface area contributed by atoms with Gasteiger partial charge in [-0.15, -0.1) is 0 Å². The van der Waals surface area contributed by atoms with Crippen molar-refractivity contribution in [2.75, 3.05) is 6.61 Å². The Morgan fingerprint density at radius 3 is 2.63 bits per heavy atom. The highest BCUT2D eigenvalue weighted by atomic mass is 32.2. The molecule has 0 unspecified atom stereocenters. The van der Waals surface area contributed by atoms with Crippen LogP contribution in [0.2, 0.25) is 0 Å². The Kier molecular flexibility index (Phi) is 4.69. The number of aryl methyl sites for hydroxylation is 1. The lowest BCUT2D eigenvalue weighted by atomic mass is 10.1. The first-order valence-electron chi connectivity index (χ1n) is 8.29. The number of hydrogen-bond acceptors (Lipinski definition) is 6. The average molecular weight is 396 g/mol. The molecule has 2 bridgehead atoms. The number of hydrogen-bond donors (Lipinski definition) is 0. The highest BCUT2D eigenvalue weighted by Crippen LogP contribution is 2.37. The molecule has 2 aliphatic heterocycles. The Bertz CT molecular complexity index is 873. The standard InChI is InChI=1S/C18H15F3N2O3S/c1-9-2-4-10(5-3-9)11-6-15(18(19,20)21)23-17(22-11)27-14-7-12(24)16-25-8-13(14)26-16/h2-6,13-14,16H,7-8H2,1H3/t13-,14+,16+/m0/s1. The fraction of sp³-hybridized carbons (Fsp3) is 0.389. The van der Waals surface area contributed by atoms with E-state index in [1.807, 2.05) is 6.92 Å². The van der Waals surface area contributed by atoms with Crippen molar-refractivity contribution in [2.45, 2.75) is 42.3 Å². The summed E-state index contributed by atoms with van der Waals surface area (Å²) in [4.78, 5) is 19.9. The van der Waals surface area contributed by atoms with Crippen molar-refractivity contribution in [3.63, 3.8) is 0 Å². The van der Waals surface area contributed by atoms with E-state index in [1.54, 1.807) is 24.3 Å². The molecule has 1 aromatic heterocycles. The van der Waals surface area contributed by atoms with Crippen molar-refractivity contribution < 1.29 is 27.4 Å². The number of Topliss-reactive ketones (excluding diaryl/α,β-unsaturated/α-hetero) is 1. The molecule has 9 heteroatoms. The van der Waals surface area contributed by atoms with Crippen LogP contribution in [0.1, 0.15) is 17.7 Å². The van der Waals surface area contributed by atoms with Crippen molar-refractivity contribution in [1.82, 2.24) is 9.97 Å². The molecule has 4 rings (SSSR count). The van der Waals surface area contributed by atoms with Crippen molar-refractivity contribution in [3.8, 4) is 11.3 Å². The summed E-state index contributed by atoms with van der Waals surface area (Å²) in [6.07, 6.45) is -5.66. The van der Waals surface area contributed by atoms with Crippen LogP contribution in [-0.2, 0) is 20.4 Å². The van der Waals surface area contributed by atoms with Crippen molar-refractivity contribution in [2.24, 2.45) is 0 Å². The second kappa shape index (κ2) is 6.88. The van der Waals surface area contributed by atoms with Gasteiger partial charge in [-0.1, -0.05) is 41.6 Å². The van der Waals surface area contributed by atoms with Gasteiger partial charge in [0.2, 0.25) is 6.29 Å². The molecule has 0 spiro atoms. The lowest BCUT2D eigenvalue weighted by Gasteiger charge is -2.25. The lowest BCUT2D eigenvalue weighted by molar-refractivity contribution is -0.151. The van der Waals surface area contributed by atoms with Gasteiger partial charge in [-0.2, -0.15) is 13.2 Å². The summed E-state index contributed by atoms with van der Waals surface area (Å²) in [7, 11) is 0. The minimum Gasteiger partial charge on any atom is -0.343 e. The molecule has 0 radical (unpaired) electrons. The van der Waals surface area contributed by atoms with Crippen molar-refractivity contribution in [3.05, 3.63) is 41.6 Å². The number of benzene rings is 1. The van der Waals surface area contributed by atoms with Crippen LogP contribution in [0, 0.1) is 6.92 Å². The van der Waals surface area contributed by atoms with Crippen molar-refractivity contribution in [1.29, 1.82) is 0 Å². The maximum absolute atomic E-state index is 13.3. The predicted molar refractivity (Wildman–Crippen MR) is 91.1 cm³/mol. The summed E-state index contributed by atoms with van der Waals surface area (Å²) >= 11 is 1.02. The third kappa shape index (κ3) is 3.85. The van der Waals surface area contributed by atoms with Gasteiger partial charge >= 0.3 is 6.18 Å². The molecule has 0 aliphatic carbocycles. The van der Waals surface area contributed by atoms with Gasteiger partial charge in [-0.05, 0) is 13.0 Å². The van der Waals surface area contributed by atoms with E-state index in [0.717, 1.165) is 23.4 Å². The molecule has 2 aliphatic rings. The molecule has 0 saturated carbocycles. The second-order valence-electron chi connectivity index (χ2n) is 6.45. The second-order valence-corrected chi connectivity index (χ2v) is 7.66. The molecule has 142 valence electrons. The van der Waals surface area contributed by atoms with Gasteiger partial charge < -0.3 is 9.47 Å². The van der Waals surface area contributed by atoms with E-state index in [1.165, 1.54) is 0 Å². The van der Waals surface area contributed by atoms with Crippen LogP contribution in [0.5, 0.6) is 0 Å². The molecule has 2 fully saturated rings. The number of carbonyl (C=O) groups is 1. The largest absolute Gasteiger partial charge is 0.433 e. The Morgan fingerprint density at radius 1 is 1.19 bits per heavy atom. The van der Waals surface area contributed by atoms with Gasteiger partial charge in [0.25, 0.3) is 0 Å². The normalized spacial score (nSPS) is 25.0. The molecule has 2 aromatic rings. The van der Waals surface area contributed by atoms with Gasteiger partial charge in [0.05, 0.1) is 18.4 Å². The summed E-state index contributed by atoms with van der Waals surface area (Å²) in [6.45, 7) is 2.13. The number of fused-ring (bicyclic) bond motifs is 2. The van der Waals surface area contributed by atoms with E-state index in [2.05, 4.69) is 9.97 Å². The Morgan fingerprint density at radius 2 is 1.93 bits per heavy atom. The van der Waals surface area contributed by atoms with Crippen LogP contribution in [0.3, 0.4) is 0 Å². The number of ether oxygens (including phenoxy) is 2. The summed E-state index contributed by atoms with van der Waals surface area (Å²) in [6, 6.07) is 7.98. The van der Waals surface area contributed by atoms with E-state index in [-0.39, 0.29) is 41.0 Å². The summed E-state index contributed by atoms with van der Waals surface area (Å²) in [5.74, 6) is -0.216. The molecule has 0 N–H and O–H groups in total. The van der Waals surface area contributed by atoms with Gasteiger partial charge in [0, 0.05) is 17.2 Å². The number of halogens is 3. The summed E-state index contributed by atoms with van der Waals surface area (Å²) in [5.41, 5.74) is 0.727. The maximum atomic E-state index is 13.3. The minimum absolute atomic E-state index is 0.0350. The third-order valence-corrected chi connectivity index (χ3v) is 5.56. The molecular weight excluding hydrogens is 381 g/mol. The fourth-order valence-electron chi connectivity index (χ4n) is 2.96. The lowest BCUT2D eigenvalue weighted by Crippen LogP contribution is -2.37. The van der Waals surface area contributed by atoms with E-state index in [4.69, 9.17) is 9.47 Å². The first kappa shape index (κ1) is 18.4. The first-order valence-corrected chi connectivity index (χ1v) is 9.17. The number of aromatic nitrogens is 2.